The third kappa shape index (κ3) is 3.05. The van der Waals surface area contributed by atoms with Crippen LogP contribution in [0, 0.1) is 0 Å². The average molecular weight is 405 g/mol. The van der Waals surface area contributed by atoms with E-state index in [0.717, 1.165) is 16.0 Å². The minimum absolute atomic E-state index is 0.539. The first-order chi connectivity index (χ1) is 13.8. The molecular weight excluding hydrogens is 392 g/mol. The van der Waals surface area contributed by atoms with Crippen LogP contribution >= 0.6 is 22.9 Å². The lowest BCUT2D eigenvalue weighted by Crippen LogP contribution is -1.85. The van der Waals surface area contributed by atoms with Gasteiger partial charge in [0, 0.05) is 16.1 Å². The van der Waals surface area contributed by atoms with Crippen LogP contribution in [0.2, 0.25) is 5.02 Å². The monoisotopic (exact) mass is 404 g/mol. The van der Waals surface area contributed by atoms with E-state index in [0.29, 0.717) is 33.8 Å². The predicted octanol–water partition coefficient (Wildman–Crippen LogP) is 7.05. The number of thiophene rings is 1. The van der Waals surface area contributed by atoms with Crippen molar-refractivity contribution in [1.82, 2.24) is 9.97 Å². The molecule has 3 aromatic heterocycles. The molecule has 0 atom stereocenters. The molecule has 28 heavy (non-hydrogen) atoms. The second kappa shape index (κ2) is 7.11. The van der Waals surface area contributed by atoms with Gasteiger partial charge in [-0.2, -0.15) is 0 Å². The SMILES string of the molecule is Clc1ccc(-c2ncoc2-c2nc(-c3ccccc3)oc2-c2cccs2)cc1. The summed E-state index contributed by atoms with van der Waals surface area (Å²) in [6, 6.07) is 21.3. The van der Waals surface area contributed by atoms with Gasteiger partial charge >= 0.3 is 0 Å². The van der Waals surface area contributed by atoms with Gasteiger partial charge in [0.1, 0.15) is 5.69 Å². The van der Waals surface area contributed by atoms with Gasteiger partial charge in [-0.1, -0.05) is 48.0 Å². The fourth-order valence-electron chi connectivity index (χ4n) is 2.98. The van der Waals surface area contributed by atoms with Crippen molar-refractivity contribution in [2.45, 2.75) is 0 Å². The molecule has 0 saturated heterocycles. The average Bonchev–Trinajstić information content (AvgIpc) is 3.48. The van der Waals surface area contributed by atoms with Gasteiger partial charge < -0.3 is 8.83 Å². The normalized spacial score (nSPS) is 11.0. The molecule has 3 heterocycles. The van der Waals surface area contributed by atoms with E-state index in [-0.39, 0.29) is 0 Å². The Kier molecular flexibility index (Phi) is 4.31. The second-order valence-electron chi connectivity index (χ2n) is 6.08. The van der Waals surface area contributed by atoms with E-state index < -0.39 is 0 Å². The molecule has 2 aromatic carbocycles. The molecule has 0 aliphatic heterocycles. The summed E-state index contributed by atoms with van der Waals surface area (Å²) in [5.74, 6) is 1.77. The van der Waals surface area contributed by atoms with Crippen LogP contribution in [0.25, 0.3) is 44.8 Å². The lowest BCUT2D eigenvalue weighted by Gasteiger charge is -2.01. The fourth-order valence-corrected chi connectivity index (χ4v) is 3.81. The molecular formula is C22H13ClN2O2S. The van der Waals surface area contributed by atoms with Crippen molar-refractivity contribution in [2.24, 2.45) is 0 Å². The number of halogens is 1. The quantitative estimate of drug-likeness (QED) is 0.322. The van der Waals surface area contributed by atoms with Crippen molar-refractivity contribution in [3.05, 3.63) is 83.5 Å². The molecule has 0 spiro atoms. The second-order valence-corrected chi connectivity index (χ2v) is 7.46. The van der Waals surface area contributed by atoms with E-state index in [9.17, 15) is 0 Å². The maximum absolute atomic E-state index is 6.17. The number of benzene rings is 2. The summed E-state index contributed by atoms with van der Waals surface area (Å²) in [6.07, 6.45) is 1.42. The highest BCUT2D eigenvalue weighted by atomic mass is 35.5. The number of oxazole rings is 2. The number of aromatic nitrogens is 2. The molecule has 0 bridgehead atoms. The van der Waals surface area contributed by atoms with Gasteiger partial charge in [-0.15, -0.1) is 11.3 Å². The van der Waals surface area contributed by atoms with Gasteiger partial charge in [-0.05, 0) is 35.7 Å². The van der Waals surface area contributed by atoms with Crippen LogP contribution in [0.1, 0.15) is 0 Å². The Bertz CT molecular complexity index is 1210. The van der Waals surface area contributed by atoms with E-state index >= 15 is 0 Å². The van der Waals surface area contributed by atoms with Crippen LogP contribution in [0.5, 0.6) is 0 Å². The zero-order valence-corrected chi connectivity index (χ0v) is 16.1. The Hall–Kier alpha value is -3.15. The molecule has 0 aliphatic carbocycles. The molecule has 0 radical (unpaired) electrons. The Morgan fingerprint density at radius 2 is 1.61 bits per heavy atom. The largest absolute Gasteiger partial charge is 0.441 e. The van der Waals surface area contributed by atoms with Crippen LogP contribution in [0.3, 0.4) is 0 Å². The van der Waals surface area contributed by atoms with Crippen LogP contribution < -0.4 is 0 Å². The topological polar surface area (TPSA) is 52.1 Å². The van der Waals surface area contributed by atoms with E-state index in [2.05, 4.69) is 4.98 Å². The molecule has 0 amide bonds. The van der Waals surface area contributed by atoms with Crippen LogP contribution in [-0.2, 0) is 0 Å². The number of hydrogen-bond acceptors (Lipinski definition) is 5. The van der Waals surface area contributed by atoms with Crippen molar-refractivity contribution in [1.29, 1.82) is 0 Å². The van der Waals surface area contributed by atoms with Gasteiger partial charge in [0.25, 0.3) is 0 Å². The molecule has 0 N–H and O–H groups in total. The molecule has 136 valence electrons. The Labute approximate surface area is 170 Å². The van der Waals surface area contributed by atoms with Gasteiger partial charge in [-0.25, -0.2) is 9.97 Å². The van der Waals surface area contributed by atoms with Crippen LogP contribution in [-0.4, -0.2) is 9.97 Å². The van der Waals surface area contributed by atoms with E-state index in [4.69, 9.17) is 25.4 Å². The van der Waals surface area contributed by atoms with Gasteiger partial charge in [0.15, 0.2) is 23.6 Å². The first-order valence-electron chi connectivity index (χ1n) is 8.59. The molecule has 5 rings (SSSR count). The minimum Gasteiger partial charge on any atom is -0.441 e. The number of hydrogen-bond donors (Lipinski definition) is 0. The first-order valence-corrected chi connectivity index (χ1v) is 9.85. The third-order valence-electron chi connectivity index (χ3n) is 4.29. The highest BCUT2D eigenvalue weighted by molar-refractivity contribution is 7.13. The molecule has 4 nitrogen and oxygen atoms in total. The van der Waals surface area contributed by atoms with E-state index in [1.165, 1.54) is 6.39 Å². The first kappa shape index (κ1) is 17.0. The zero-order chi connectivity index (χ0) is 18.9. The lowest BCUT2D eigenvalue weighted by molar-refractivity contribution is 0.568. The maximum atomic E-state index is 6.17. The predicted molar refractivity (Wildman–Crippen MR) is 111 cm³/mol. The summed E-state index contributed by atoms with van der Waals surface area (Å²) in [4.78, 5) is 10.1. The van der Waals surface area contributed by atoms with E-state index in [1.807, 2.05) is 72.1 Å². The molecule has 0 unspecified atom stereocenters. The molecule has 6 heteroatoms. The summed E-state index contributed by atoms with van der Waals surface area (Å²) in [7, 11) is 0. The summed E-state index contributed by atoms with van der Waals surface area (Å²) >= 11 is 7.61. The number of rotatable bonds is 4. The molecule has 0 saturated carbocycles. The van der Waals surface area contributed by atoms with Gasteiger partial charge in [0.05, 0.1) is 4.88 Å². The maximum Gasteiger partial charge on any atom is 0.227 e. The highest BCUT2D eigenvalue weighted by Crippen LogP contribution is 2.41. The summed E-state index contributed by atoms with van der Waals surface area (Å²) < 4.78 is 11.9. The van der Waals surface area contributed by atoms with Crippen molar-refractivity contribution in [2.75, 3.05) is 0 Å². The lowest BCUT2D eigenvalue weighted by atomic mass is 10.1. The summed E-state index contributed by atoms with van der Waals surface area (Å²) in [5, 5.41) is 2.67. The Morgan fingerprint density at radius 1 is 0.786 bits per heavy atom. The van der Waals surface area contributed by atoms with Crippen LogP contribution in [0.15, 0.2) is 87.3 Å². The summed E-state index contributed by atoms with van der Waals surface area (Å²) in [5.41, 5.74) is 3.12. The molecule has 0 fully saturated rings. The smallest absolute Gasteiger partial charge is 0.227 e. The third-order valence-corrected chi connectivity index (χ3v) is 5.41. The Balaban J connectivity index is 1.69. The molecule has 5 aromatic rings. The zero-order valence-electron chi connectivity index (χ0n) is 14.5. The Morgan fingerprint density at radius 3 is 2.36 bits per heavy atom. The highest BCUT2D eigenvalue weighted by Gasteiger charge is 2.24. The van der Waals surface area contributed by atoms with Gasteiger partial charge in [0.2, 0.25) is 5.89 Å². The fraction of sp³-hybridized carbons (Fsp3) is 0. The van der Waals surface area contributed by atoms with Crippen molar-refractivity contribution in [3.8, 4) is 44.8 Å². The summed E-state index contributed by atoms with van der Waals surface area (Å²) in [6.45, 7) is 0. The standard InChI is InChI=1S/C22H13ClN2O2S/c23-16-10-8-14(9-11-16)18-21(26-13-24-18)19-20(17-7-4-12-28-17)27-22(25-19)15-5-2-1-3-6-15/h1-13H. The minimum atomic E-state index is 0.539. The number of nitrogens with zero attached hydrogens (tertiary/aromatic N) is 2. The van der Waals surface area contributed by atoms with Gasteiger partial charge in [-0.3, -0.25) is 0 Å². The van der Waals surface area contributed by atoms with E-state index in [1.54, 1.807) is 11.3 Å². The van der Waals surface area contributed by atoms with Crippen molar-refractivity contribution in [3.63, 3.8) is 0 Å². The van der Waals surface area contributed by atoms with Crippen LogP contribution in [0.4, 0.5) is 0 Å². The molecule has 0 aliphatic rings. The van der Waals surface area contributed by atoms with Crippen molar-refractivity contribution < 1.29 is 8.83 Å². The van der Waals surface area contributed by atoms with Crippen molar-refractivity contribution >= 4 is 22.9 Å².